The average molecular weight is 204 g/mol. The fraction of sp³-hybridized carbons (Fsp3) is 0.538. The molecule has 2 aliphatic carbocycles. The van der Waals surface area contributed by atoms with E-state index in [1.807, 2.05) is 0 Å². The molecule has 0 bridgehead atoms. The van der Waals surface area contributed by atoms with Crippen LogP contribution in [0.4, 0.5) is 0 Å². The Morgan fingerprint density at radius 3 is 3.13 bits per heavy atom. The number of hydrogen-bond acceptors (Lipinski definition) is 2. The monoisotopic (exact) mass is 204 g/mol. The summed E-state index contributed by atoms with van der Waals surface area (Å²) in [5.41, 5.74) is 2.73. The lowest BCUT2D eigenvalue weighted by atomic mass is 9.79. The van der Waals surface area contributed by atoms with Gasteiger partial charge in [-0.05, 0) is 30.4 Å². The number of aliphatic hydroxyl groups is 1. The molecule has 80 valence electrons. The summed E-state index contributed by atoms with van der Waals surface area (Å²) in [6, 6.07) is 0. The lowest BCUT2D eigenvalue weighted by Crippen LogP contribution is -2.34. The molecular formula is C13H16O2. The van der Waals surface area contributed by atoms with Crippen LogP contribution >= 0.6 is 0 Å². The van der Waals surface area contributed by atoms with E-state index in [0.29, 0.717) is 5.92 Å². The highest BCUT2D eigenvalue weighted by Crippen LogP contribution is 2.37. The summed E-state index contributed by atoms with van der Waals surface area (Å²) in [5.74, 6) is 0.423. The SMILES string of the molecule is OC1CCC2OCC3C=CC=CC3=C2C1. The fourth-order valence-electron chi connectivity index (χ4n) is 2.79. The molecule has 3 rings (SSSR count). The molecule has 3 atom stereocenters. The van der Waals surface area contributed by atoms with E-state index >= 15 is 0 Å². The number of aliphatic hydroxyl groups excluding tert-OH is 1. The van der Waals surface area contributed by atoms with Crippen LogP contribution in [-0.4, -0.2) is 23.9 Å². The summed E-state index contributed by atoms with van der Waals surface area (Å²) >= 11 is 0. The minimum Gasteiger partial charge on any atom is -0.393 e. The van der Waals surface area contributed by atoms with Crippen LogP contribution in [0.1, 0.15) is 19.3 Å². The van der Waals surface area contributed by atoms with E-state index < -0.39 is 0 Å². The van der Waals surface area contributed by atoms with Crippen molar-refractivity contribution >= 4 is 0 Å². The van der Waals surface area contributed by atoms with Crippen molar-refractivity contribution in [3.05, 3.63) is 35.5 Å². The molecule has 0 aromatic rings. The van der Waals surface area contributed by atoms with E-state index in [0.717, 1.165) is 25.9 Å². The van der Waals surface area contributed by atoms with Gasteiger partial charge in [0.05, 0.1) is 18.8 Å². The van der Waals surface area contributed by atoms with Crippen molar-refractivity contribution in [1.82, 2.24) is 0 Å². The molecule has 0 amide bonds. The van der Waals surface area contributed by atoms with Crippen molar-refractivity contribution in [2.75, 3.05) is 6.61 Å². The number of hydrogen-bond donors (Lipinski definition) is 1. The van der Waals surface area contributed by atoms with Crippen LogP contribution in [0, 0.1) is 5.92 Å². The summed E-state index contributed by atoms with van der Waals surface area (Å²) < 4.78 is 5.85. The van der Waals surface area contributed by atoms with Crippen LogP contribution in [0.2, 0.25) is 0 Å². The highest BCUT2D eigenvalue weighted by atomic mass is 16.5. The molecule has 1 heterocycles. The van der Waals surface area contributed by atoms with Gasteiger partial charge < -0.3 is 9.84 Å². The minimum absolute atomic E-state index is 0.162. The molecule has 1 N–H and O–H groups in total. The van der Waals surface area contributed by atoms with Crippen LogP contribution in [0.15, 0.2) is 35.5 Å². The Kier molecular flexibility index (Phi) is 2.26. The van der Waals surface area contributed by atoms with E-state index in [-0.39, 0.29) is 12.2 Å². The molecule has 2 heteroatoms. The van der Waals surface area contributed by atoms with Gasteiger partial charge >= 0.3 is 0 Å². The van der Waals surface area contributed by atoms with Crippen molar-refractivity contribution in [2.24, 2.45) is 5.92 Å². The van der Waals surface area contributed by atoms with Gasteiger partial charge in [-0.3, -0.25) is 0 Å². The number of allylic oxidation sites excluding steroid dienone is 3. The summed E-state index contributed by atoms with van der Waals surface area (Å²) in [4.78, 5) is 0. The largest absolute Gasteiger partial charge is 0.393 e. The van der Waals surface area contributed by atoms with Crippen LogP contribution in [0.3, 0.4) is 0 Å². The molecule has 3 aliphatic rings. The van der Waals surface area contributed by atoms with Crippen molar-refractivity contribution in [3.8, 4) is 0 Å². The molecule has 3 unspecified atom stereocenters. The fourth-order valence-corrected chi connectivity index (χ4v) is 2.79. The third-order valence-electron chi connectivity index (χ3n) is 3.58. The van der Waals surface area contributed by atoms with Crippen LogP contribution in [0.25, 0.3) is 0 Å². The predicted molar refractivity (Wildman–Crippen MR) is 58.4 cm³/mol. The normalized spacial score (nSPS) is 38.9. The zero-order valence-corrected chi connectivity index (χ0v) is 8.73. The summed E-state index contributed by atoms with van der Waals surface area (Å²) in [7, 11) is 0. The Hall–Kier alpha value is -0.860. The van der Waals surface area contributed by atoms with Crippen molar-refractivity contribution in [2.45, 2.75) is 31.5 Å². The highest BCUT2D eigenvalue weighted by Gasteiger charge is 2.33. The van der Waals surface area contributed by atoms with Crippen molar-refractivity contribution in [1.29, 1.82) is 0 Å². The molecule has 0 aromatic carbocycles. The molecule has 0 spiro atoms. The van der Waals surface area contributed by atoms with Gasteiger partial charge in [0.25, 0.3) is 0 Å². The second-order valence-electron chi connectivity index (χ2n) is 4.59. The zero-order valence-electron chi connectivity index (χ0n) is 8.73. The van der Waals surface area contributed by atoms with Gasteiger partial charge in [-0.1, -0.05) is 24.3 Å². The quantitative estimate of drug-likeness (QED) is 0.653. The van der Waals surface area contributed by atoms with Crippen molar-refractivity contribution < 1.29 is 9.84 Å². The Morgan fingerprint density at radius 1 is 1.27 bits per heavy atom. The Morgan fingerprint density at radius 2 is 2.20 bits per heavy atom. The Balaban J connectivity index is 1.98. The number of rotatable bonds is 0. The summed E-state index contributed by atoms with van der Waals surface area (Å²) in [6.45, 7) is 0.806. The zero-order chi connectivity index (χ0) is 10.3. The molecular weight excluding hydrogens is 188 g/mol. The number of fused-ring (bicyclic) bond motifs is 2. The predicted octanol–water partition coefficient (Wildman–Crippen LogP) is 1.97. The van der Waals surface area contributed by atoms with E-state index in [4.69, 9.17) is 4.74 Å². The van der Waals surface area contributed by atoms with Crippen molar-refractivity contribution in [3.63, 3.8) is 0 Å². The standard InChI is InChI=1S/C13H16O2/c14-10-5-6-13-12(7-10)11-4-2-1-3-9(11)8-15-13/h1-4,9-10,13-14H,5-8H2. The first kappa shape index (κ1) is 9.37. The van der Waals surface area contributed by atoms with Crippen LogP contribution in [-0.2, 0) is 4.74 Å². The Labute approximate surface area is 89.9 Å². The van der Waals surface area contributed by atoms with Gasteiger partial charge in [0.2, 0.25) is 0 Å². The van der Waals surface area contributed by atoms with Gasteiger partial charge in [-0.15, -0.1) is 0 Å². The van der Waals surface area contributed by atoms with Gasteiger partial charge in [0, 0.05) is 5.92 Å². The first-order chi connectivity index (χ1) is 7.34. The van der Waals surface area contributed by atoms with Crippen LogP contribution in [0.5, 0.6) is 0 Å². The smallest absolute Gasteiger partial charge is 0.0793 e. The maximum Gasteiger partial charge on any atom is 0.0793 e. The highest BCUT2D eigenvalue weighted by molar-refractivity contribution is 5.40. The molecule has 1 aliphatic heterocycles. The third-order valence-corrected chi connectivity index (χ3v) is 3.58. The first-order valence-electron chi connectivity index (χ1n) is 5.72. The minimum atomic E-state index is -0.162. The third kappa shape index (κ3) is 1.58. The molecule has 1 fully saturated rings. The first-order valence-corrected chi connectivity index (χ1v) is 5.72. The molecule has 1 saturated carbocycles. The van der Waals surface area contributed by atoms with E-state index in [2.05, 4.69) is 24.3 Å². The van der Waals surface area contributed by atoms with E-state index in [9.17, 15) is 5.11 Å². The second-order valence-corrected chi connectivity index (χ2v) is 4.59. The van der Waals surface area contributed by atoms with Gasteiger partial charge in [-0.2, -0.15) is 0 Å². The lowest BCUT2D eigenvalue weighted by molar-refractivity contribution is 0.0119. The average Bonchev–Trinajstić information content (AvgIpc) is 2.29. The maximum absolute atomic E-state index is 9.71. The topological polar surface area (TPSA) is 29.5 Å². The Bertz CT molecular complexity index is 352. The molecule has 0 radical (unpaired) electrons. The van der Waals surface area contributed by atoms with Gasteiger partial charge in [-0.25, -0.2) is 0 Å². The van der Waals surface area contributed by atoms with E-state index in [1.165, 1.54) is 11.1 Å². The molecule has 0 saturated heterocycles. The van der Waals surface area contributed by atoms with Crippen LogP contribution < -0.4 is 0 Å². The molecule has 0 aromatic heterocycles. The molecule has 2 nitrogen and oxygen atoms in total. The maximum atomic E-state index is 9.71. The second kappa shape index (κ2) is 3.62. The summed E-state index contributed by atoms with van der Waals surface area (Å²) in [5, 5.41) is 9.71. The molecule has 15 heavy (non-hydrogen) atoms. The van der Waals surface area contributed by atoms with Gasteiger partial charge in [0.1, 0.15) is 0 Å². The van der Waals surface area contributed by atoms with Gasteiger partial charge in [0.15, 0.2) is 0 Å². The van der Waals surface area contributed by atoms with E-state index in [1.54, 1.807) is 0 Å². The summed E-state index contributed by atoms with van der Waals surface area (Å²) in [6.07, 6.45) is 11.3. The number of ether oxygens (including phenoxy) is 1. The lowest BCUT2D eigenvalue weighted by Gasteiger charge is -2.37.